The van der Waals surface area contributed by atoms with Gasteiger partial charge in [-0.2, -0.15) is 0 Å². The Morgan fingerprint density at radius 3 is 2.33 bits per heavy atom. The molecule has 2 saturated heterocycles. The lowest BCUT2D eigenvalue weighted by Crippen LogP contribution is -2.55. The Bertz CT molecular complexity index is 474. The van der Waals surface area contributed by atoms with Crippen LogP contribution in [0.15, 0.2) is 0 Å². The first-order valence-electron chi connectivity index (χ1n) is 8.82. The highest BCUT2D eigenvalue weighted by Crippen LogP contribution is 2.21. The largest absolute Gasteiger partial charge is 0.378 e. The Labute approximate surface area is 143 Å². The first kappa shape index (κ1) is 18.7. The first-order valence-corrected chi connectivity index (χ1v) is 8.82. The molecule has 2 unspecified atom stereocenters. The van der Waals surface area contributed by atoms with Crippen LogP contribution in [-0.2, 0) is 19.1 Å². The monoisotopic (exact) mass is 339 g/mol. The Morgan fingerprint density at radius 2 is 1.75 bits per heavy atom. The third kappa shape index (κ3) is 4.69. The molecule has 24 heavy (non-hydrogen) atoms. The lowest BCUT2D eigenvalue weighted by Gasteiger charge is -2.38. The topological polar surface area (TPSA) is 79.0 Å². The molecule has 2 atom stereocenters. The van der Waals surface area contributed by atoms with E-state index in [4.69, 9.17) is 4.74 Å². The molecule has 2 rings (SSSR count). The van der Waals surface area contributed by atoms with Crippen LogP contribution in [0.1, 0.15) is 33.6 Å². The van der Waals surface area contributed by atoms with E-state index >= 15 is 0 Å². The Kier molecular flexibility index (Phi) is 6.60. The average Bonchev–Trinajstić information content (AvgIpc) is 2.59. The minimum atomic E-state index is -0.528. The van der Waals surface area contributed by atoms with E-state index in [0.29, 0.717) is 39.4 Å². The average molecular weight is 339 g/mol. The smallest absolute Gasteiger partial charge is 0.245 e. The molecule has 2 aliphatic heterocycles. The van der Waals surface area contributed by atoms with Gasteiger partial charge in [-0.25, -0.2) is 0 Å². The van der Waals surface area contributed by atoms with E-state index in [1.54, 1.807) is 4.90 Å². The van der Waals surface area contributed by atoms with E-state index in [9.17, 15) is 14.4 Å². The molecular formula is C17H29N3O4. The number of likely N-dealkylation sites (tertiary alicyclic amines) is 1. The molecule has 0 saturated carbocycles. The third-order valence-electron chi connectivity index (χ3n) is 4.70. The number of nitrogens with zero attached hydrogens (tertiary/aromatic N) is 2. The van der Waals surface area contributed by atoms with E-state index in [2.05, 4.69) is 5.32 Å². The van der Waals surface area contributed by atoms with Crippen LogP contribution < -0.4 is 5.32 Å². The summed E-state index contributed by atoms with van der Waals surface area (Å²) >= 11 is 0. The number of hydrogen-bond acceptors (Lipinski definition) is 4. The highest BCUT2D eigenvalue weighted by Gasteiger charge is 2.35. The van der Waals surface area contributed by atoms with Gasteiger partial charge in [0, 0.05) is 33.1 Å². The molecule has 3 amide bonds. The number of carbonyl (C=O) groups excluding carboxylic acids is 3. The molecule has 0 aromatic heterocycles. The molecule has 0 radical (unpaired) electrons. The van der Waals surface area contributed by atoms with Crippen LogP contribution >= 0.6 is 0 Å². The van der Waals surface area contributed by atoms with Crippen LogP contribution in [0.25, 0.3) is 0 Å². The van der Waals surface area contributed by atoms with Crippen molar-refractivity contribution < 1.29 is 19.1 Å². The summed E-state index contributed by atoms with van der Waals surface area (Å²) in [6.07, 6.45) is 1.63. The predicted molar refractivity (Wildman–Crippen MR) is 89.1 cm³/mol. The van der Waals surface area contributed by atoms with Crippen molar-refractivity contribution in [1.82, 2.24) is 15.1 Å². The summed E-state index contributed by atoms with van der Waals surface area (Å²) in [7, 11) is 0. The Hall–Kier alpha value is -1.63. The number of rotatable bonds is 4. The van der Waals surface area contributed by atoms with Gasteiger partial charge in [-0.1, -0.05) is 13.8 Å². The summed E-state index contributed by atoms with van der Waals surface area (Å²) in [4.78, 5) is 40.4. The summed E-state index contributed by atoms with van der Waals surface area (Å²) in [6.45, 7) is 8.76. The predicted octanol–water partition coefficient (Wildman–Crippen LogP) is 0.245. The molecule has 0 spiro atoms. The van der Waals surface area contributed by atoms with Crippen LogP contribution in [0.3, 0.4) is 0 Å². The molecule has 1 N–H and O–H groups in total. The fraction of sp³-hybridized carbons (Fsp3) is 0.824. The number of amides is 3. The molecule has 7 heteroatoms. The van der Waals surface area contributed by atoms with E-state index in [1.165, 1.54) is 6.92 Å². The van der Waals surface area contributed by atoms with Gasteiger partial charge in [-0.05, 0) is 18.8 Å². The molecule has 2 heterocycles. The highest BCUT2D eigenvalue weighted by molar-refractivity contribution is 5.88. The van der Waals surface area contributed by atoms with Crippen molar-refractivity contribution in [3.05, 3.63) is 0 Å². The quantitative estimate of drug-likeness (QED) is 0.796. The maximum absolute atomic E-state index is 12.8. The molecule has 7 nitrogen and oxygen atoms in total. The second kappa shape index (κ2) is 8.46. The number of hydrogen-bond donors (Lipinski definition) is 1. The third-order valence-corrected chi connectivity index (χ3v) is 4.70. The summed E-state index contributed by atoms with van der Waals surface area (Å²) in [5.41, 5.74) is 0. The van der Waals surface area contributed by atoms with Crippen LogP contribution in [0, 0.1) is 11.8 Å². The molecule has 0 aromatic carbocycles. The van der Waals surface area contributed by atoms with Gasteiger partial charge in [0.1, 0.15) is 6.04 Å². The maximum atomic E-state index is 12.8. The number of carbonyl (C=O) groups is 3. The molecule has 0 aliphatic carbocycles. The minimum Gasteiger partial charge on any atom is -0.378 e. The first-order chi connectivity index (χ1) is 11.4. The van der Waals surface area contributed by atoms with Crippen molar-refractivity contribution >= 4 is 17.7 Å². The van der Waals surface area contributed by atoms with Gasteiger partial charge in [-0.3, -0.25) is 14.4 Å². The van der Waals surface area contributed by atoms with E-state index < -0.39 is 6.04 Å². The summed E-state index contributed by atoms with van der Waals surface area (Å²) in [5, 5.41) is 2.74. The Balaban J connectivity index is 1.99. The molecular weight excluding hydrogens is 310 g/mol. The van der Waals surface area contributed by atoms with Gasteiger partial charge in [0.25, 0.3) is 0 Å². The zero-order valence-electron chi connectivity index (χ0n) is 14.9. The van der Waals surface area contributed by atoms with Gasteiger partial charge in [-0.15, -0.1) is 0 Å². The van der Waals surface area contributed by atoms with Crippen molar-refractivity contribution in [2.75, 3.05) is 39.4 Å². The molecule has 136 valence electrons. The van der Waals surface area contributed by atoms with Crippen molar-refractivity contribution in [1.29, 1.82) is 0 Å². The van der Waals surface area contributed by atoms with Crippen LogP contribution in [-0.4, -0.2) is 73.0 Å². The zero-order valence-corrected chi connectivity index (χ0v) is 14.9. The van der Waals surface area contributed by atoms with Gasteiger partial charge < -0.3 is 19.9 Å². The number of morpholine rings is 1. The summed E-state index contributed by atoms with van der Waals surface area (Å²) < 4.78 is 5.29. The number of ether oxygens (including phenoxy) is 1. The summed E-state index contributed by atoms with van der Waals surface area (Å²) in [5.74, 6) is -0.307. The Morgan fingerprint density at radius 1 is 1.08 bits per heavy atom. The lowest BCUT2D eigenvalue weighted by molar-refractivity contribution is -0.145. The fourth-order valence-corrected chi connectivity index (χ4v) is 3.35. The minimum absolute atomic E-state index is 0.0109. The zero-order chi connectivity index (χ0) is 17.7. The van der Waals surface area contributed by atoms with Crippen molar-refractivity contribution in [3.63, 3.8) is 0 Å². The summed E-state index contributed by atoms with van der Waals surface area (Å²) in [6, 6.07) is -0.528. The second-order valence-corrected chi connectivity index (χ2v) is 6.98. The normalized spacial score (nSPS) is 23.1. The van der Waals surface area contributed by atoms with Gasteiger partial charge in [0.2, 0.25) is 17.7 Å². The second-order valence-electron chi connectivity index (χ2n) is 6.98. The lowest BCUT2D eigenvalue weighted by atomic mass is 9.94. The highest BCUT2D eigenvalue weighted by atomic mass is 16.5. The molecule has 2 fully saturated rings. The van der Waals surface area contributed by atoms with Crippen molar-refractivity contribution in [2.24, 2.45) is 11.8 Å². The number of piperidine rings is 1. The van der Waals surface area contributed by atoms with E-state index in [1.807, 2.05) is 18.7 Å². The van der Waals surface area contributed by atoms with Crippen LogP contribution in [0.2, 0.25) is 0 Å². The fourth-order valence-electron chi connectivity index (χ4n) is 3.35. The maximum Gasteiger partial charge on any atom is 0.245 e. The van der Waals surface area contributed by atoms with Crippen LogP contribution in [0.5, 0.6) is 0 Å². The molecule has 0 aromatic rings. The number of nitrogens with one attached hydrogen (secondary N) is 1. The van der Waals surface area contributed by atoms with Crippen molar-refractivity contribution in [2.45, 2.75) is 39.7 Å². The molecule has 2 aliphatic rings. The van der Waals surface area contributed by atoms with E-state index in [0.717, 1.165) is 12.8 Å². The van der Waals surface area contributed by atoms with Gasteiger partial charge in [0.15, 0.2) is 0 Å². The van der Waals surface area contributed by atoms with E-state index in [-0.39, 0.29) is 29.6 Å². The SMILES string of the molecule is CC(=O)NC(C(=O)N1CCCC(C(=O)N2CCOCC2)C1)C(C)C. The molecule has 0 bridgehead atoms. The van der Waals surface area contributed by atoms with Crippen LogP contribution in [0.4, 0.5) is 0 Å². The van der Waals surface area contributed by atoms with Gasteiger partial charge >= 0.3 is 0 Å². The standard InChI is InChI=1S/C17H29N3O4/c1-12(2)15(18-13(3)21)17(23)20-6-4-5-14(11-20)16(22)19-7-9-24-10-8-19/h12,14-15H,4-11H2,1-3H3,(H,18,21). The van der Waals surface area contributed by atoms with Gasteiger partial charge in [0.05, 0.1) is 19.1 Å². The van der Waals surface area contributed by atoms with Crippen molar-refractivity contribution in [3.8, 4) is 0 Å².